The van der Waals surface area contributed by atoms with Crippen LogP contribution >= 0.6 is 0 Å². The summed E-state index contributed by atoms with van der Waals surface area (Å²) in [5.41, 5.74) is 3.68. The summed E-state index contributed by atoms with van der Waals surface area (Å²) < 4.78 is 0. The first-order chi connectivity index (χ1) is 12.2. The Balaban J connectivity index is 1.43. The van der Waals surface area contributed by atoms with Crippen LogP contribution in [-0.4, -0.2) is 48.4 Å². The maximum absolute atomic E-state index is 12.3. The van der Waals surface area contributed by atoms with E-state index in [-0.39, 0.29) is 5.91 Å². The Morgan fingerprint density at radius 3 is 2.32 bits per heavy atom. The lowest BCUT2D eigenvalue weighted by molar-refractivity contribution is -0.127. The molecule has 3 rings (SSSR count). The molecule has 0 radical (unpaired) electrons. The molecule has 3 nitrogen and oxygen atoms in total. The van der Waals surface area contributed by atoms with Crippen LogP contribution in [0.15, 0.2) is 60.7 Å². The summed E-state index contributed by atoms with van der Waals surface area (Å²) in [6.45, 7) is 6.66. The number of hydrogen-bond acceptors (Lipinski definition) is 2. The van der Waals surface area contributed by atoms with Gasteiger partial charge in [-0.25, -0.2) is 0 Å². The van der Waals surface area contributed by atoms with Crippen LogP contribution in [0.5, 0.6) is 0 Å². The van der Waals surface area contributed by atoms with Crippen LogP contribution in [0.2, 0.25) is 0 Å². The molecule has 0 aliphatic carbocycles. The second-order valence-corrected chi connectivity index (χ2v) is 6.65. The number of aryl methyl sites for hydroxylation is 1. The lowest BCUT2D eigenvalue weighted by Gasteiger charge is -2.34. The second-order valence-electron chi connectivity index (χ2n) is 6.65. The van der Waals surface area contributed by atoms with E-state index in [1.54, 1.807) is 6.08 Å². The molecule has 1 amide bonds. The maximum Gasteiger partial charge on any atom is 0.246 e. The highest BCUT2D eigenvalue weighted by molar-refractivity contribution is 5.91. The van der Waals surface area contributed by atoms with Crippen molar-refractivity contribution in [2.45, 2.75) is 13.3 Å². The number of carbonyl (C=O) groups is 1. The van der Waals surface area contributed by atoms with Gasteiger partial charge < -0.3 is 4.90 Å². The fourth-order valence-electron chi connectivity index (χ4n) is 3.07. The fourth-order valence-corrected chi connectivity index (χ4v) is 3.07. The summed E-state index contributed by atoms with van der Waals surface area (Å²) in [6, 6.07) is 18.8. The number of benzene rings is 2. The van der Waals surface area contributed by atoms with Gasteiger partial charge in [-0.2, -0.15) is 0 Å². The van der Waals surface area contributed by atoms with Crippen LogP contribution in [0.3, 0.4) is 0 Å². The third kappa shape index (κ3) is 5.30. The number of hydrogen-bond donors (Lipinski definition) is 0. The van der Waals surface area contributed by atoms with E-state index in [0.29, 0.717) is 0 Å². The average Bonchev–Trinajstić information content (AvgIpc) is 2.67. The molecule has 1 saturated heterocycles. The van der Waals surface area contributed by atoms with Crippen LogP contribution in [0.25, 0.3) is 6.08 Å². The minimum Gasteiger partial charge on any atom is -0.337 e. The normalized spacial score (nSPS) is 15.6. The highest BCUT2D eigenvalue weighted by Gasteiger charge is 2.19. The molecule has 0 spiro atoms. The molecule has 0 atom stereocenters. The number of piperazine rings is 1. The predicted octanol–water partition coefficient (Wildman–Crippen LogP) is 3.40. The molecule has 0 aromatic heterocycles. The van der Waals surface area contributed by atoms with Crippen LogP contribution < -0.4 is 0 Å². The van der Waals surface area contributed by atoms with Gasteiger partial charge in [0.1, 0.15) is 0 Å². The van der Waals surface area contributed by atoms with Crippen molar-refractivity contribution in [3.63, 3.8) is 0 Å². The van der Waals surface area contributed by atoms with Crippen LogP contribution in [-0.2, 0) is 11.2 Å². The van der Waals surface area contributed by atoms with Gasteiger partial charge in [-0.1, -0.05) is 60.2 Å². The molecule has 0 N–H and O–H groups in total. The van der Waals surface area contributed by atoms with Gasteiger partial charge in [0.25, 0.3) is 0 Å². The lowest BCUT2D eigenvalue weighted by atomic mass is 10.1. The topological polar surface area (TPSA) is 23.6 Å². The Morgan fingerprint density at radius 1 is 0.960 bits per heavy atom. The largest absolute Gasteiger partial charge is 0.337 e. The van der Waals surface area contributed by atoms with E-state index in [4.69, 9.17) is 0 Å². The molecule has 130 valence electrons. The molecular weight excluding hydrogens is 308 g/mol. The minimum absolute atomic E-state index is 0.114. The number of amides is 1. The zero-order valence-electron chi connectivity index (χ0n) is 14.9. The number of nitrogens with zero attached hydrogens (tertiary/aromatic N) is 2. The molecular formula is C22H26N2O. The van der Waals surface area contributed by atoms with E-state index in [1.807, 2.05) is 23.1 Å². The minimum atomic E-state index is 0.114. The molecule has 0 unspecified atom stereocenters. The van der Waals surface area contributed by atoms with E-state index in [9.17, 15) is 4.79 Å². The quantitative estimate of drug-likeness (QED) is 0.783. The van der Waals surface area contributed by atoms with Crippen molar-refractivity contribution >= 4 is 12.0 Å². The standard InChI is InChI=1S/C22H26N2O/c1-19-7-9-21(10-8-19)11-12-22(25)24-17-15-23(16-18-24)14-13-20-5-3-2-4-6-20/h2-12H,13-18H2,1H3/b12-11+. The Hall–Kier alpha value is -2.39. The van der Waals surface area contributed by atoms with Crippen molar-refractivity contribution in [2.75, 3.05) is 32.7 Å². The highest BCUT2D eigenvalue weighted by Crippen LogP contribution is 2.08. The monoisotopic (exact) mass is 334 g/mol. The average molecular weight is 334 g/mol. The lowest BCUT2D eigenvalue weighted by Crippen LogP contribution is -2.48. The van der Waals surface area contributed by atoms with Gasteiger partial charge in [-0.05, 0) is 30.5 Å². The zero-order valence-corrected chi connectivity index (χ0v) is 14.9. The Morgan fingerprint density at radius 2 is 1.64 bits per heavy atom. The van der Waals surface area contributed by atoms with Gasteiger partial charge in [0.2, 0.25) is 5.91 Å². The molecule has 1 heterocycles. The molecule has 1 fully saturated rings. The molecule has 0 saturated carbocycles. The van der Waals surface area contributed by atoms with Crippen molar-refractivity contribution in [1.82, 2.24) is 9.80 Å². The van der Waals surface area contributed by atoms with Crippen molar-refractivity contribution in [3.8, 4) is 0 Å². The summed E-state index contributed by atoms with van der Waals surface area (Å²) in [7, 11) is 0. The maximum atomic E-state index is 12.3. The Kier molecular flexibility index (Phi) is 6.02. The van der Waals surface area contributed by atoms with Gasteiger partial charge in [0.05, 0.1) is 0 Å². The molecule has 2 aromatic rings. The van der Waals surface area contributed by atoms with E-state index >= 15 is 0 Å². The van der Waals surface area contributed by atoms with Gasteiger partial charge in [0, 0.05) is 38.8 Å². The van der Waals surface area contributed by atoms with Crippen LogP contribution in [0, 0.1) is 6.92 Å². The summed E-state index contributed by atoms with van der Waals surface area (Å²) in [5.74, 6) is 0.114. The van der Waals surface area contributed by atoms with E-state index < -0.39 is 0 Å². The molecule has 0 bridgehead atoms. The first-order valence-corrected chi connectivity index (χ1v) is 9.01. The Labute approximate surface area is 150 Å². The number of carbonyl (C=O) groups excluding carboxylic acids is 1. The molecule has 2 aromatic carbocycles. The predicted molar refractivity (Wildman–Crippen MR) is 103 cm³/mol. The van der Waals surface area contributed by atoms with E-state index in [2.05, 4.69) is 54.3 Å². The summed E-state index contributed by atoms with van der Waals surface area (Å²) >= 11 is 0. The summed E-state index contributed by atoms with van der Waals surface area (Å²) in [4.78, 5) is 16.7. The first-order valence-electron chi connectivity index (χ1n) is 9.01. The zero-order chi connectivity index (χ0) is 17.5. The first kappa shape index (κ1) is 17.4. The van der Waals surface area contributed by atoms with Crippen LogP contribution in [0.1, 0.15) is 16.7 Å². The van der Waals surface area contributed by atoms with E-state index in [1.165, 1.54) is 11.1 Å². The van der Waals surface area contributed by atoms with Gasteiger partial charge >= 0.3 is 0 Å². The van der Waals surface area contributed by atoms with E-state index in [0.717, 1.165) is 44.7 Å². The molecule has 1 aliphatic heterocycles. The van der Waals surface area contributed by atoms with Gasteiger partial charge in [0.15, 0.2) is 0 Å². The van der Waals surface area contributed by atoms with Gasteiger partial charge in [-0.3, -0.25) is 9.69 Å². The van der Waals surface area contributed by atoms with Crippen molar-refractivity contribution in [3.05, 3.63) is 77.4 Å². The third-order valence-electron chi connectivity index (χ3n) is 4.74. The van der Waals surface area contributed by atoms with Crippen LogP contribution in [0.4, 0.5) is 0 Å². The molecule has 1 aliphatic rings. The van der Waals surface area contributed by atoms with Crippen molar-refractivity contribution < 1.29 is 4.79 Å². The summed E-state index contributed by atoms with van der Waals surface area (Å²) in [6.07, 6.45) is 4.68. The molecule has 25 heavy (non-hydrogen) atoms. The third-order valence-corrected chi connectivity index (χ3v) is 4.74. The smallest absolute Gasteiger partial charge is 0.246 e. The highest BCUT2D eigenvalue weighted by atomic mass is 16.2. The number of rotatable bonds is 5. The van der Waals surface area contributed by atoms with Crippen molar-refractivity contribution in [2.24, 2.45) is 0 Å². The second kappa shape index (κ2) is 8.63. The molecule has 3 heteroatoms. The van der Waals surface area contributed by atoms with Crippen molar-refractivity contribution in [1.29, 1.82) is 0 Å². The van der Waals surface area contributed by atoms with Gasteiger partial charge in [-0.15, -0.1) is 0 Å². The fraction of sp³-hybridized carbons (Fsp3) is 0.318. The SMILES string of the molecule is Cc1ccc(/C=C/C(=O)N2CCN(CCc3ccccc3)CC2)cc1. The Bertz CT molecular complexity index is 699. The summed E-state index contributed by atoms with van der Waals surface area (Å²) in [5, 5.41) is 0.